The van der Waals surface area contributed by atoms with Crippen molar-refractivity contribution in [3.05, 3.63) is 28.0 Å². The minimum Gasteiger partial charge on any atom is -0.478 e. The summed E-state index contributed by atoms with van der Waals surface area (Å²) in [6.45, 7) is 0. The summed E-state index contributed by atoms with van der Waals surface area (Å²) in [7, 11) is -3.92. The number of carboxylic acids is 1. The van der Waals surface area contributed by atoms with Crippen LogP contribution in [0.1, 0.15) is 10.4 Å². The number of carboxylic acid groups (broad SMARTS) is 1. The number of sulfone groups is 1. The number of aromatic carboxylic acids is 1. The fourth-order valence-corrected chi connectivity index (χ4v) is 2.51. The maximum Gasteiger partial charge on any atom is 0.337 e. The van der Waals surface area contributed by atoms with Crippen LogP contribution in [0.25, 0.3) is 0 Å². The van der Waals surface area contributed by atoms with E-state index in [9.17, 15) is 17.6 Å². The minimum absolute atomic E-state index is 0.0899. The molecule has 1 aromatic rings. The number of benzene rings is 1. The van der Waals surface area contributed by atoms with Gasteiger partial charge in [0.2, 0.25) is 0 Å². The monoisotopic (exact) mass is 296 g/mol. The van der Waals surface area contributed by atoms with E-state index in [2.05, 4.69) is 15.9 Å². The Morgan fingerprint density at radius 3 is 2.40 bits per heavy atom. The van der Waals surface area contributed by atoms with Gasteiger partial charge in [0.05, 0.1) is 10.0 Å². The van der Waals surface area contributed by atoms with Crippen LogP contribution < -0.4 is 0 Å². The molecule has 1 aromatic carbocycles. The van der Waals surface area contributed by atoms with E-state index in [0.717, 1.165) is 18.4 Å². The molecule has 0 spiro atoms. The molecule has 0 unspecified atom stereocenters. The Morgan fingerprint density at radius 2 is 2.00 bits per heavy atom. The smallest absolute Gasteiger partial charge is 0.337 e. The predicted octanol–water partition coefficient (Wildman–Crippen LogP) is 1.69. The van der Waals surface area contributed by atoms with Gasteiger partial charge in [-0.2, -0.15) is 0 Å². The third kappa shape index (κ3) is 2.35. The Kier molecular flexibility index (Phi) is 3.15. The first-order valence-corrected chi connectivity index (χ1v) is 6.35. The normalized spacial score (nSPS) is 11.4. The van der Waals surface area contributed by atoms with Crippen LogP contribution in [0, 0.1) is 5.82 Å². The van der Waals surface area contributed by atoms with Crippen LogP contribution >= 0.6 is 15.9 Å². The third-order valence-electron chi connectivity index (χ3n) is 1.65. The number of rotatable bonds is 2. The van der Waals surface area contributed by atoms with Gasteiger partial charge < -0.3 is 5.11 Å². The van der Waals surface area contributed by atoms with Gasteiger partial charge in [0, 0.05) is 6.26 Å². The van der Waals surface area contributed by atoms with Crippen molar-refractivity contribution < 1.29 is 22.7 Å². The molecular weight excluding hydrogens is 291 g/mol. The first-order chi connectivity index (χ1) is 6.75. The maximum atomic E-state index is 13.4. The molecule has 82 valence electrons. The van der Waals surface area contributed by atoms with Crippen LogP contribution in [-0.2, 0) is 9.84 Å². The Bertz CT molecular complexity index is 524. The van der Waals surface area contributed by atoms with Gasteiger partial charge in [-0.25, -0.2) is 17.6 Å². The summed E-state index contributed by atoms with van der Waals surface area (Å²) in [5.74, 6) is -2.57. The molecule has 0 atom stereocenters. The van der Waals surface area contributed by atoms with Crippen molar-refractivity contribution in [3.8, 4) is 0 Å². The zero-order valence-corrected chi connectivity index (χ0v) is 9.89. The number of carbonyl (C=O) groups is 1. The topological polar surface area (TPSA) is 71.4 Å². The van der Waals surface area contributed by atoms with E-state index in [1.807, 2.05) is 0 Å². The highest BCUT2D eigenvalue weighted by atomic mass is 79.9. The molecule has 0 saturated carbocycles. The average molecular weight is 297 g/mol. The van der Waals surface area contributed by atoms with Crippen molar-refractivity contribution in [3.63, 3.8) is 0 Å². The molecule has 0 bridgehead atoms. The molecule has 4 nitrogen and oxygen atoms in total. The van der Waals surface area contributed by atoms with Gasteiger partial charge in [0.1, 0.15) is 4.90 Å². The Morgan fingerprint density at radius 1 is 1.47 bits per heavy atom. The van der Waals surface area contributed by atoms with Crippen LogP contribution in [0.15, 0.2) is 21.5 Å². The zero-order chi connectivity index (χ0) is 11.8. The maximum absolute atomic E-state index is 13.4. The molecule has 0 heterocycles. The molecule has 0 fully saturated rings. The number of hydrogen-bond donors (Lipinski definition) is 1. The number of hydrogen-bond acceptors (Lipinski definition) is 3. The second-order valence-corrected chi connectivity index (χ2v) is 5.62. The molecule has 0 aliphatic rings. The van der Waals surface area contributed by atoms with Gasteiger partial charge in [-0.05, 0) is 28.1 Å². The van der Waals surface area contributed by atoms with Crippen molar-refractivity contribution in [2.45, 2.75) is 4.90 Å². The molecule has 15 heavy (non-hydrogen) atoms. The van der Waals surface area contributed by atoms with E-state index in [1.165, 1.54) is 0 Å². The molecule has 0 aliphatic carbocycles. The summed E-state index contributed by atoms with van der Waals surface area (Å²) in [5, 5.41) is 8.70. The second kappa shape index (κ2) is 3.90. The highest BCUT2D eigenvalue weighted by molar-refractivity contribution is 9.10. The second-order valence-electron chi connectivity index (χ2n) is 2.82. The van der Waals surface area contributed by atoms with Crippen LogP contribution in [0.5, 0.6) is 0 Å². The lowest BCUT2D eigenvalue weighted by molar-refractivity contribution is 0.0691. The molecule has 0 amide bonds. The van der Waals surface area contributed by atoms with E-state index in [4.69, 9.17) is 5.11 Å². The lowest BCUT2D eigenvalue weighted by Gasteiger charge is -2.06. The molecule has 0 aromatic heterocycles. The summed E-state index contributed by atoms with van der Waals surface area (Å²) in [4.78, 5) is 9.88. The van der Waals surface area contributed by atoms with Crippen molar-refractivity contribution in [2.75, 3.05) is 6.26 Å². The lowest BCUT2D eigenvalue weighted by atomic mass is 10.2. The quantitative estimate of drug-likeness (QED) is 0.901. The largest absolute Gasteiger partial charge is 0.478 e. The van der Waals surface area contributed by atoms with E-state index in [0.29, 0.717) is 0 Å². The summed E-state index contributed by atoms with van der Waals surface area (Å²) >= 11 is 2.79. The summed E-state index contributed by atoms with van der Waals surface area (Å²) < 4.78 is 35.8. The molecule has 0 saturated heterocycles. The minimum atomic E-state index is -3.92. The van der Waals surface area contributed by atoms with Gasteiger partial charge in [-0.15, -0.1) is 0 Å². The van der Waals surface area contributed by atoms with E-state index in [-0.39, 0.29) is 4.47 Å². The first-order valence-electron chi connectivity index (χ1n) is 3.66. The van der Waals surface area contributed by atoms with Crippen LogP contribution in [-0.4, -0.2) is 25.7 Å². The van der Waals surface area contributed by atoms with E-state index >= 15 is 0 Å². The van der Waals surface area contributed by atoms with Crippen molar-refractivity contribution in [2.24, 2.45) is 0 Å². The standard InChI is InChI=1S/C8H6BrFO4S/c1-15(13,14)7-4(8(11)12)2-3-5(9)6(7)10/h2-3H,1H3,(H,11,12). The van der Waals surface area contributed by atoms with Crippen LogP contribution in [0.4, 0.5) is 4.39 Å². The summed E-state index contributed by atoms with van der Waals surface area (Å²) in [5.41, 5.74) is -0.571. The highest BCUT2D eigenvalue weighted by Crippen LogP contribution is 2.26. The SMILES string of the molecule is CS(=O)(=O)c1c(C(=O)O)ccc(Br)c1F. The zero-order valence-electron chi connectivity index (χ0n) is 7.49. The molecule has 0 radical (unpaired) electrons. The van der Waals surface area contributed by atoms with Crippen LogP contribution in [0.2, 0.25) is 0 Å². The van der Waals surface area contributed by atoms with Crippen molar-refractivity contribution in [1.29, 1.82) is 0 Å². The van der Waals surface area contributed by atoms with Gasteiger partial charge in [-0.3, -0.25) is 0 Å². The first kappa shape index (κ1) is 12.1. The van der Waals surface area contributed by atoms with Crippen LogP contribution in [0.3, 0.4) is 0 Å². The molecule has 7 heteroatoms. The fourth-order valence-electron chi connectivity index (χ4n) is 1.06. The Hall–Kier alpha value is -0.950. The average Bonchev–Trinajstić information content (AvgIpc) is 2.06. The van der Waals surface area contributed by atoms with Gasteiger partial charge in [0.15, 0.2) is 15.7 Å². The van der Waals surface area contributed by atoms with Gasteiger partial charge in [-0.1, -0.05) is 0 Å². The molecule has 0 aliphatic heterocycles. The highest BCUT2D eigenvalue weighted by Gasteiger charge is 2.24. The third-order valence-corrected chi connectivity index (χ3v) is 3.40. The predicted molar refractivity (Wildman–Crippen MR) is 54.2 cm³/mol. The Balaban J connectivity index is 3.72. The fraction of sp³-hybridized carbons (Fsp3) is 0.125. The van der Waals surface area contributed by atoms with Crippen molar-refractivity contribution >= 4 is 31.7 Å². The van der Waals surface area contributed by atoms with Gasteiger partial charge in [0.25, 0.3) is 0 Å². The van der Waals surface area contributed by atoms with E-state index in [1.54, 1.807) is 0 Å². The molecular formula is C8H6BrFO4S. The summed E-state index contributed by atoms with van der Waals surface area (Å²) in [6, 6.07) is 2.18. The summed E-state index contributed by atoms with van der Waals surface area (Å²) in [6.07, 6.45) is 0.754. The van der Waals surface area contributed by atoms with E-state index < -0.39 is 32.1 Å². The molecule has 1 rings (SSSR count). The number of halogens is 2. The van der Waals surface area contributed by atoms with Gasteiger partial charge >= 0.3 is 5.97 Å². The lowest BCUT2D eigenvalue weighted by Crippen LogP contribution is -2.10. The van der Waals surface area contributed by atoms with Crippen molar-refractivity contribution in [1.82, 2.24) is 0 Å². The molecule has 1 N–H and O–H groups in total. The Labute approximate surface area is 93.8 Å².